The zero-order valence-corrected chi connectivity index (χ0v) is 9.87. The summed E-state index contributed by atoms with van der Waals surface area (Å²) in [5, 5.41) is 17.9. The summed E-state index contributed by atoms with van der Waals surface area (Å²) in [7, 11) is 0. The number of para-hydroxylation sites is 1. The van der Waals surface area contributed by atoms with Crippen molar-refractivity contribution in [3.05, 3.63) is 29.8 Å². The van der Waals surface area contributed by atoms with Crippen molar-refractivity contribution in [2.24, 2.45) is 5.92 Å². The molecule has 18 heavy (non-hydrogen) atoms. The maximum absolute atomic E-state index is 11.8. The molecule has 2 rings (SSSR count). The lowest BCUT2D eigenvalue weighted by Gasteiger charge is -2.19. The minimum Gasteiger partial charge on any atom is -0.481 e. The van der Waals surface area contributed by atoms with Gasteiger partial charge in [-0.2, -0.15) is 0 Å². The maximum atomic E-state index is 11.8. The Morgan fingerprint density at radius 1 is 1.39 bits per heavy atom. The van der Waals surface area contributed by atoms with Crippen molar-refractivity contribution in [1.29, 1.82) is 0 Å². The number of carboxylic acids is 1. The van der Waals surface area contributed by atoms with E-state index in [0.29, 0.717) is 12.1 Å². The average Bonchev–Trinajstić information content (AvgIpc) is 2.73. The number of aliphatic carboxylic acids is 1. The van der Waals surface area contributed by atoms with Gasteiger partial charge >= 0.3 is 5.97 Å². The second kappa shape index (κ2) is 5.18. The van der Waals surface area contributed by atoms with E-state index in [9.17, 15) is 9.59 Å². The Hall–Kier alpha value is -1.88. The largest absolute Gasteiger partial charge is 0.481 e. The summed E-state index contributed by atoms with van der Waals surface area (Å²) in [6.07, 6.45) is 0.500. The molecule has 5 heteroatoms. The molecule has 1 heterocycles. The van der Waals surface area contributed by atoms with Crippen molar-refractivity contribution in [2.75, 3.05) is 18.1 Å². The lowest BCUT2D eigenvalue weighted by molar-refractivity contribution is -0.141. The third kappa shape index (κ3) is 2.36. The number of amides is 1. The smallest absolute Gasteiger partial charge is 0.308 e. The summed E-state index contributed by atoms with van der Waals surface area (Å²) in [5.41, 5.74) is 1.57. The zero-order valence-electron chi connectivity index (χ0n) is 9.87. The minimum absolute atomic E-state index is 0.00139. The second-order valence-electron chi connectivity index (χ2n) is 4.35. The lowest BCUT2D eigenvalue weighted by Crippen LogP contribution is -2.26. The highest BCUT2D eigenvalue weighted by Gasteiger charge is 2.35. The molecule has 0 radical (unpaired) electrons. The first-order chi connectivity index (χ1) is 8.63. The fourth-order valence-electron chi connectivity index (χ4n) is 2.21. The van der Waals surface area contributed by atoms with Gasteiger partial charge < -0.3 is 15.1 Å². The Labute approximate surface area is 105 Å². The van der Waals surface area contributed by atoms with Crippen LogP contribution in [0.15, 0.2) is 24.3 Å². The van der Waals surface area contributed by atoms with Crippen molar-refractivity contribution in [3.63, 3.8) is 0 Å². The van der Waals surface area contributed by atoms with Crippen LogP contribution in [-0.4, -0.2) is 35.2 Å². The van der Waals surface area contributed by atoms with Gasteiger partial charge in [0.05, 0.1) is 5.92 Å². The Bertz CT molecular complexity index is 472. The van der Waals surface area contributed by atoms with Crippen molar-refractivity contribution in [3.8, 4) is 0 Å². The summed E-state index contributed by atoms with van der Waals surface area (Å²) in [5.74, 6) is -1.75. The van der Waals surface area contributed by atoms with Gasteiger partial charge in [-0.05, 0) is 18.1 Å². The molecule has 5 nitrogen and oxygen atoms in total. The number of nitrogens with zero attached hydrogens (tertiary/aromatic N) is 1. The number of carbonyl (C=O) groups is 2. The van der Waals surface area contributed by atoms with Crippen LogP contribution in [0.1, 0.15) is 12.0 Å². The zero-order chi connectivity index (χ0) is 13.1. The number of carbonyl (C=O) groups excluding carboxylic acids is 1. The molecule has 96 valence electrons. The van der Waals surface area contributed by atoms with Crippen LogP contribution >= 0.6 is 0 Å². The van der Waals surface area contributed by atoms with Gasteiger partial charge in [-0.15, -0.1) is 0 Å². The van der Waals surface area contributed by atoms with E-state index in [2.05, 4.69) is 0 Å². The molecule has 1 saturated heterocycles. The molecule has 1 atom stereocenters. The Morgan fingerprint density at radius 3 is 2.72 bits per heavy atom. The normalized spacial score (nSPS) is 19.3. The van der Waals surface area contributed by atoms with Crippen LogP contribution in [0.3, 0.4) is 0 Å². The summed E-state index contributed by atoms with van der Waals surface area (Å²) in [4.78, 5) is 24.3. The number of rotatable bonds is 4. The molecule has 1 aromatic carbocycles. The van der Waals surface area contributed by atoms with Crippen molar-refractivity contribution < 1.29 is 19.8 Å². The van der Waals surface area contributed by atoms with Crippen LogP contribution in [0.5, 0.6) is 0 Å². The van der Waals surface area contributed by atoms with Crippen LogP contribution in [0.2, 0.25) is 0 Å². The third-order valence-corrected chi connectivity index (χ3v) is 3.14. The van der Waals surface area contributed by atoms with Gasteiger partial charge in [0.2, 0.25) is 5.91 Å². The van der Waals surface area contributed by atoms with Gasteiger partial charge in [-0.25, -0.2) is 0 Å². The molecule has 0 saturated carbocycles. The quantitative estimate of drug-likeness (QED) is 0.821. The number of hydrogen-bond donors (Lipinski definition) is 2. The predicted molar refractivity (Wildman–Crippen MR) is 65.3 cm³/mol. The molecule has 0 unspecified atom stereocenters. The van der Waals surface area contributed by atoms with Crippen LogP contribution in [0.4, 0.5) is 5.69 Å². The Morgan fingerprint density at radius 2 is 2.11 bits per heavy atom. The average molecular weight is 249 g/mol. The van der Waals surface area contributed by atoms with Crippen molar-refractivity contribution in [2.45, 2.75) is 12.8 Å². The van der Waals surface area contributed by atoms with E-state index in [4.69, 9.17) is 10.2 Å². The van der Waals surface area contributed by atoms with E-state index < -0.39 is 11.9 Å². The number of anilines is 1. The van der Waals surface area contributed by atoms with Crippen LogP contribution in [0.25, 0.3) is 0 Å². The molecule has 1 aliphatic heterocycles. The predicted octanol–water partition coefficient (Wildman–Crippen LogP) is 0.659. The number of aliphatic hydroxyl groups is 1. The van der Waals surface area contributed by atoms with Gasteiger partial charge in [0.1, 0.15) is 0 Å². The van der Waals surface area contributed by atoms with E-state index in [-0.39, 0.29) is 25.5 Å². The van der Waals surface area contributed by atoms with E-state index >= 15 is 0 Å². The van der Waals surface area contributed by atoms with E-state index in [1.54, 1.807) is 12.1 Å². The first-order valence-corrected chi connectivity index (χ1v) is 5.85. The summed E-state index contributed by atoms with van der Waals surface area (Å²) in [6.45, 7) is 0.206. The molecule has 1 fully saturated rings. The SMILES string of the molecule is O=C(O)[C@@H]1CC(=O)N(c2ccccc2CCO)C1. The van der Waals surface area contributed by atoms with E-state index in [1.807, 2.05) is 12.1 Å². The number of benzene rings is 1. The standard InChI is InChI=1S/C13H15NO4/c15-6-5-9-3-1-2-4-11(9)14-8-10(13(17)18)7-12(14)16/h1-4,10,15H,5-8H2,(H,17,18)/t10-/m1/s1. The fraction of sp³-hybridized carbons (Fsp3) is 0.385. The highest BCUT2D eigenvalue weighted by Crippen LogP contribution is 2.28. The summed E-state index contributed by atoms with van der Waals surface area (Å²) in [6, 6.07) is 7.27. The molecule has 2 N–H and O–H groups in total. The maximum Gasteiger partial charge on any atom is 0.308 e. The van der Waals surface area contributed by atoms with Gasteiger partial charge in [-0.1, -0.05) is 18.2 Å². The topological polar surface area (TPSA) is 77.8 Å². The molecule has 0 aliphatic carbocycles. The molecule has 0 spiro atoms. The molecule has 0 aromatic heterocycles. The Kier molecular flexibility index (Phi) is 3.62. The van der Waals surface area contributed by atoms with E-state index in [0.717, 1.165) is 5.56 Å². The number of carboxylic acid groups (broad SMARTS) is 1. The number of hydrogen-bond acceptors (Lipinski definition) is 3. The van der Waals surface area contributed by atoms with Crippen molar-refractivity contribution in [1.82, 2.24) is 0 Å². The molecular weight excluding hydrogens is 234 g/mol. The van der Waals surface area contributed by atoms with E-state index in [1.165, 1.54) is 4.90 Å². The first-order valence-electron chi connectivity index (χ1n) is 5.85. The Balaban J connectivity index is 2.26. The van der Waals surface area contributed by atoms with Crippen molar-refractivity contribution >= 4 is 17.6 Å². The first kappa shape index (κ1) is 12.6. The van der Waals surface area contributed by atoms with Gasteiger partial charge in [0, 0.05) is 25.3 Å². The highest BCUT2D eigenvalue weighted by atomic mass is 16.4. The second-order valence-corrected chi connectivity index (χ2v) is 4.35. The monoisotopic (exact) mass is 249 g/mol. The lowest BCUT2D eigenvalue weighted by atomic mass is 10.1. The van der Waals surface area contributed by atoms with Crippen LogP contribution in [-0.2, 0) is 16.0 Å². The molecule has 1 aliphatic rings. The van der Waals surface area contributed by atoms with Gasteiger partial charge in [0.25, 0.3) is 0 Å². The molecular formula is C13H15NO4. The molecule has 1 amide bonds. The molecule has 1 aromatic rings. The summed E-state index contributed by atoms with van der Waals surface area (Å²) < 4.78 is 0. The van der Waals surface area contributed by atoms with Crippen LogP contribution < -0.4 is 4.90 Å². The van der Waals surface area contributed by atoms with Crippen LogP contribution in [0, 0.1) is 5.92 Å². The van der Waals surface area contributed by atoms with Gasteiger partial charge in [-0.3, -0.25) is 9.59 Å². The fourth-order valence-corrected chi connectivity index (χ4v) is 2.21. The highest BCUT2D eigenvalue weighted by molar-refractivity contribution is 5.99. The molecule has 0 bridgehead atoms. The third-order valence-electron chi connectivity index (χ3n) is 3.14. The van der Waals surface area contributed by atoms with Gasteiger partial charge in [0.15, 0.2) is 0 Å². The summed E-state index contributed by atoms with van der Waals surface area (Å²) >= 11 is 0. The number of aliphatic hydroxyl groups excluding tert-OH is 1. The minimum atomic E-state index is -0.939.